The van der Waals surface area contributed by atoms with Crippen molar-refractivity contribution in [2.75, 3.05) is 0 Å². The molecule has 0 spiro atoms. The van der Waals surface area contributed by atoms with Crippen molar-refractivity contribution >= 4 is 0 Å². The highest BCUT2D eigenvalue weighted by Crippen LogP contribution is 2.42. The molecule has 0 aliphatic carbocycles. The Morgan fingerprint density at radius 3 is 1.17 bits per heavy atom. The van der Waals surface area contributed by atoms with Crippen LogP contribution in [0.5, 0.6) is 23.0 Å². The molecule has 0 atom stereocenters. The van der Waals surface area contributed by atoms with Crippen molar-refractivity contribution in [3.63, 3.8) is 0 Å². The smallest absolute Gasteiger partial charge is 0.125 e. The molecule has 0 aliphatic rings. The van der Waals surface area contributed by atoms with Gasteiger partial charge in [-0.1, -0.05) is 12.1 Å². The van der Waals surface area contributed by atoms with Gasteiger partial charge < -0.3 is 25.5 Å². The Hall–Kier alpha value is -2.40. The van der Waals surface area contributed by atoms with E-state index in [4.69, 9.17) is 0 Å². The Morgan fingerprint density at radius 2 is 0.889 bits per heavy atom. The zero-order valence-electron chi connectivity index (χ0n) is 9.28. The fourth-order valence-electron chi connectivity index (χ4n) is 1.79. The molecule has 0 aliphatic heterocycles. The van der Waals surface area contributed by atoms with Crippen LogP contribution in [0.25, 0.3) is 0 Å². The molecule has 2 rings (SSSR count). The zero-order valence-corrected chi connectivity index (χ0v) is 9.28. The lowest BCUT2D eigenvalue weighted by atomic mass is 9.98. The van der Waals surface area contributed by atoms with E-state index in [0.29, 0.717) is 0 Å². The molecule has 5 nitrogen and oxygen atoms in total. The van der Waals surface area contributed by atoms with E-state index in [2.05, 4.69) is 0 Å². The molecule has 5 N–H and O–H groups in total. The zero-order chi connectivity index (χ0) is 13.3. The molecule has 0 fully saturated rings. The molecule has 18 heavy (non-hydrogen) atoms. The van der Waals surface area contributed by atoms with Crippen LogP contribution >= 0.6 is 0 Å². The van der Waals surface area contributed by atoms with E-state index in [-0.39, 0.29) is 34.1 Å². The summed E-state index contributed by atoms with van der Waals surface area (Å²) in [5.41, 5.74) is -0.344. The fourth-order valence-corrected chi connectivity index (χ4v) is 1.79. The Balaban J connectivity index is 2.58. The number of hydrogen-bond acceptors (Lipinski definition) is 5. The number of aromatic hydroxyl groups is 4. The monoisotopic (exact) mass is 248 g/mol. The largest absolute Gasteiger partial charge is 0.507 e. The van der Waals surface area contributed by atoms with Gasteiger partial charge in [-0.05, 0) is 24.3 Å². The second-order valence-electron chi connectivity index (χ2n) is 3.82. The lowest BCUT2D eigenvalue weighted by molar-refractivity contribution is 0.201. The first kappa shape index (κ1) is 12.1. The minimum absolute atomic E-state index is 0.172. The minimum Gasteiger partial charge on any atom is -0.507 e. The summed E-state index contributed by atoms with van der Waals surface area (Å²) in [7, 11) is 0. The molecule has 0 saturated carbocycles. The maximum Gasteiger partial charge on any atom is 0.125 e. The lowest BCUT2D eigenvalue weighted by Crippen LogP contribution is -2.01. The van der Waals surface area contributed by atoms with Crippen LogP contribution in [0.3, 0.4) is 0 Å². The van der Waals surface area contributed by atoms with Gasteiger partial charge in [0.1, 0.15) is 29.1 Å². The van der Waals surface area contributed by atoms with Crippen molar-refractivity contribution in [2.45, 2.75) is 6.10 Å². The Morgan fingerprint density at radius 1 is 0.611 bits per heavy atom. The highest BCUT2D eigenvalue weighted by atomic mass is 16.3. The van der Waals surface area contributed by atoms with Crippen LogP contribution in [0.1, 0.15) is 17.2 Å². The summed E-state index contributed by atoms with van der Waals surface area (Å²) < 4.78 is 0. The molecule has 0 unspecified atom stereocenters. The minimum atomic E-state index is -1.53. The summed E-state index contributed by atoms with van der Waals surface area (Å²) in [5.74, 6) is -1.31. The molecule has 0 bridgehead atoms. The highest BCUT2D eigenvalue weighted by Gasteiger charge is 2.24. The van der Waals surface area contributed by atoms with Crippen molar-refractivity contribution in [1.29, 1.82) is 0 Å². The molecule has 0 amide bonds. The average Bonchev–Trinajstić information content (AvgIpc) is 2.28. The van der Waals surface area contributed by atoms with Crippen LogP contribution in [-0.2, 0) is 0 Å². The van der Waals surface area contributed by atoms with Crippen LogP contribution in [0, 0.1) is 0 Å². The number of hydrogen-bond donors (Lipinski definition) is 5. The molecule has 2 aromatic rings. The summed E-state index contributed by atoms with van der Waals surface area (Å²) in [5, 5.41) is 48.6. The van der Waals surface area contributed by atoms with Gasteiger partial charge in [0, 0.05) is 0 Å². The number of aliphatic hydroxyl groups excluding tert-OH is 1. The molecule has 0 heterocycles. The fraction of sp³-hybridized carbons (Fsp3) is 0.0769. The predicted molar refractivity (Wildman–Crippen MR) is 63.6 cm³/mol. The number of phenolic OH excluding ortho intramolecular Hbond substituents is 4. The van der Waals surface area contributed by atoms with Gasteiger partial charge in [0.15, 0.2) is 0 Å². The van der Waals surface area contributed by atoms with Gasteiger partial charge in [-0.25, -0.2) is 0 Å². The normalized spacial score (nSPS) is 10.8. The van der Waals surface area contributed by atoms with Crippen LogP contribution in [0.4, 0.5) is 0 Å². The van der Waals surface area contributed by atoms with Gasteiger partial charge in [-0.2, -0.15) is 0 Å². The van der Waals surface area contributed by atoms with E-state index in [1.807, 2.05) is 0 Å². The average molecular weight is 248 g/mol. The van der Waals surface area contributed by atoms with E-state index in [0.717, 1.165) is 0 Å². The number of rotatable bonds is 2. The van der Waals surface area contributed by atoms with E-state index < -0.39 is 6.10 Å². The molecule has 0 saturated heterocycles. The molecule has 0 radical (unpaired) electrons. The SMILES string of the molecule is Oc1cccc(O)c1C(O)c1c(O)cccc1O. The summed E-state index contributed by atoms with van der Waals surface area (Å²) in [6.45, 7) is 0. The Bertz CT molecular complexity index is 488. The van der Waals surface area contributed by atoms with Crippen LogP contribution in [0.15, 0.2) is 36.4 Å². The molecule has 0 aromatic heterocycles. The highest BCUT2D eigenvalue weighted by molar-refractivity contribution is 5.54. The van der Waals surface area contributed by atoms with Crippen LogP contribution in [-0.4, -0.2) is 25.5 Å². The quantitative estimate of drug-likeness (QED) is 0.555. The number of aliphatic hydroxyl groups is 1. The first-order valence-electron chi connectivity index (χ1n) is 5.22. The second-order valence-corrected chi connectivity index (χ2v) is 3.82. The van der Waals surface area contributed by atoms with E-state index in [1.165, 1.54) is 36.4 Å². The number of phenols is 4. The summed E-state index contributed by atoms with van der Waals surface area (Å²) in [6.07, 6.45) is -1.53. The molecule has 2 aromatic carbocycles. The second kappa shape index (κ2) is 4.46. The van der Waals surface area contributed by atoms with Crippen molar-refractivity contribution in [2.24, 2.45) is 0 Å². The van der Waals surface area contributed by atoms with E-state index in [1.54, 1.807) is 0 Å². The van der Waals surface area contributed by atoms with Gasteiger partial charge in [0.25, 0.3) is 0 Å². The van der Waals surface area contributed by atoms with E-state index in [9.17, 15) is 25.5 Å². The van der Waals surface area contributed by atoms with Crippen LogP contribution < -0.4 is 0 Å². The summed E-state index contributed by atoms with van der Waals surface area (Å²) in [6, 6.07) is 7.96. The lowest BCUT2D eigenvalue weighted by Gasteiger charge is -2.16. The third-order valence-electron chi connectivity index (χ3n) is 2.67. The first-order valence-corrected chi connectivity index (χ1v) is 5.22. The van der Waals surface area contributed by atoms with Gasteiger partial charge >= 0.3 is 0 Å². The number of benzene rings is 2. The maximum atomic E-state index is 10.1. The third kappa shape index (κ3) is 1.91. The molecular weight excluding hydrogens is 236 g/mol. The van der Waals surface area contributed by atoms with Gasteiger partial charge in [0.05, 0.1) is 11.1 Å². The Kier molecular flexibility index (Phi) is 2.99. The van der Waals surface area contributed by atoms with Crippen molar-refractivity contribution in [1.82, 2.24) is 0 Å². The van der Waals surface area contributed by atoms with E-state index >= 15 is 0 Å². The first-order chi connectivity index (χ1) is 8.52. The summed E-state index contributed by atoms with van der Waals surface area (Å²) in [4.78, 5) is 0. The molecule has 94 valence electrons. The van der Waals surface area contributed by atoms with Crippen molar-refractivity contribution in [3.05, 3.63) is 47.5 Å². The predicted octanol–water partition coefficient (Wildman–Crippen LogP) is 1.59. The standard InChI is InChI=1S/C13H12O5/c14-7-3-1-4-8(15)11(7)13(18)12-9(16)5-2-6-10(12)17/h1-6,13-18H. The summed E-state index contributed by atoms with van der Waals surface area (Å²) >= 11 is 0. The van der Waals surface area contributed by atoms with Crippen molar-refractivity contribution in [3.8, 4) is 23.0 Å². The Labute approximate surface area is 103 Å². The molecule has 5 heteroatoms. The van der Waals surface area contributed by atoms with Gasteiger partial charge in [-0.3, -0.25) is 0 Å². The van der Waals surface area contributed by atoms with Crippen molar-refractivity contribution < 1.29 is 25.5 Å². The van der Waals surface area contributed by atoms with Crippen LogP contribution in [0.2, 0.25) is 0 Å². The maximum absolute atomic E-state index is 10.1. The van der Waals surface area contributed by atoms with Gasteiger partial charge in [-0.15, -0.1) is 0 Å². The topological polar surface area (TPSA) is 101 Å². The third-order valence-corrected chi connectivity index (χ3v) is 2.67. The van der Waals surface area contributed by atoms with Gasteiger partial charge in [0.2, 0.25) is 0 Å². The molecular formula is C13H12O5.